The second-order valence-corrected chi connectivity index (χ2v) is 4.92. The van der Waals surface area contributed by atoms with Crippen molar-refractivity contribution in [3.63, 3.8) is 0 Å². The molecule has 0 fully saturated rings. The van der Waals surface area contributed by atoms with Gasteiger partial charge >= 0.3 is 0 Å². The first kappa shape index (κ1) is 13.5. The van der Waals surface area contributed by atoms with Gasteiger partial charge in [-0.3, -0.25) is 0 Å². The van der Waals surface area contributed by atoms with Crippen molar-refractivity contribution in [2.45, 2.75) is 12.6 Å². The number of hydrogen-bond donors (Lipinski definition) is 2. The highest BCUT2D eigenvalue weighted by Gasteiger charge is 2.09. The van der Waals surface area contributed by atoms with Crippen LogP contribution in [0.25, 0.3) is 11.0 Å². The van der Waals surface area contributed by atoms with Crippen molar-refractivity contribution >= 4 is 16.7 Å². The van der Waals surface area contributed by atoms with Crippen molar-refractivity contribution < 1.29 is 9.84 Å². The molecule has 0 radical (unpaired) electrons. The van der Waals surface area contributed by atoms with Gasteiger partial charge in [0.1, 0.15) is 18.5 Å². The SMILES string of the molecule is Nc1cccc(OC[C@H](O)Cn2cnc3ccccc32)c1. The normalized spacial score (nSPS) is 12.4. The van der Waals surface area contributed by atoms with Crippen LogP contribution in [-0.4, -0.2) is 27.4 Å². The number of para-hydroxylation sites is 2. The summed E-state index contributed by atoms with van der Waals surface area (Å²) in [7, 11) is 0. The van der Waals surface area contributed by atoms with Crippen molar-refractivity contribution in [1.29, 1.82) is 0 Å². The molecule has 3 aromatic rings. The minimum atomic E-state index is -0.621. The number of nitrogen functional groups attached to an aromatic ring is 1. The standard InChI is InChI=1S/C16H17N3O2/c17-12-4-3-5-14(8-12)21-10-13(20)9-19-11-18-15-6-1-2-7-16(15)19/h1-8,11,13,20H,9-10,17H2/t13-/m1/s1. The van der Waals surface area contributed by atoms with Crippen LogP contribution in [0, 0.1) is 0 Å². The van der Waals surface area contributed by atoms with Gasteiger partial charge in [0.15, 0.2) is 0 Å². The number of hydrogen-bond acceptors (Lipinski definition) is 4. The van der Waals surface area contributed by atoms with Gasteiger partial charge in [0.05, 0.1) is 23.9 Å². The van der Waals surface area contributed by atoms with Crippen LogP contribution >= 0.6 is 0 Å². The Kier molecular flexibility index (Phi) is 3.75. The molecule has 0 spiro atoms. The van der Waals surface area contributed by atoms with Crippen molar-refractivity contribution in [2.75, 3.05) is 12.3 Å². The number of imidazole rings is 1. The summed E-state index contributed by atoms with van der Waals surface area (Å²) in [6, 6.07) is 15.0. The fourth-order valence-electron chi connectivity index (χ4n) is 2.23. The van der Waals surface area contributed by atoms with E-state index in [2.05, 4.69) is 4.98 Å². The van der Waals surface area contributed by atoms with Crippen LogP contribution in [0.5, 0.6) is 5.75 Å². The summed E-state index contributed by atoms with van der Waals surface area (Å²) < 4.78 is 7.47. The van der Waals surface area contributed by atoms with Crippen molar-refractivity contribution in [1.82, 2.24) is 9.55 Å². The Hall–Kier alpha value is -2.53. The molecule has 0 unspecified atom stereocenters. The average molecular weight is 283 g/mol. The maximum absolute atomic E-state index is 10.1. The Morgan fingerprint density at radius 1 is 1.19 bits per heavy atom. The zero-order valence-corrected chi connectivity index (χ0v) is 11.5. The topological polar surface area (TPSA) is 73.3 Å². The molecule has 108 valence electrons. The summed E-state index contributed by atoms with van der Waals surface area (Å²) in [6.45, 7) is 0.638. The third-order valence-electron chi connectivity index (χ3n) is 3.24. The Labute approximate surface area is 122 Å². The van der Waals surface area contributed by atoms with Crippen LogP contribution in [0.15, 0.2) is 54.9 Å². The van der Waals surface area contributed by atoms with Crippen LogP contribution in [0.1, 0.15) is 0 Å². The molecular formula is C16H17N3O2. The summed E-state index contributed by atoms with van der Waals surface area (Å²) in [4.78, 5) is 4.30. The molecule has 0 aliphatic rings. The molecule has 1 aromatic heterocycles. The van der Waals surface area contributed by atoms with Gasteiger partial charge in [-0.25, -0.2) is 4.98 Å². The number of fused-ring (bicyclic) bond motifs is 1. The second-order valence-electron chi connectivity index (χ2n) is 4.92. The van der Waals surface area contributed by atoms with Gasteiger partial charge in [-0.1, -0.05) is 18.2 Å². The fourth-order valence-corrected chi connectivity index (χ4v) is 2.23. The first-order chi connectivity index (χ1) is 10.2. The summed E-state index contributed by atoms with van der Waals surface area (Å²) in [5.74, 6) is 0.657. The van der Waals surface area contributed by atoms with Crippen LogP contribution in [0.4, 0.5) is 5.69 Å². The third-order valence-corrected chi connectivity index (χ3v) is 3.24. The van der Waals surface area contributed by atoms with Crippen LogP contribution < -0.4 is 10.5 Å². The maximum Gasteiger partial charge on any atom is 0.121 e. The van der Waals surface area contributed by atoms with Gasteiger partial charge < -0.3 is 20.1 Å². The Morgan fingerprint density at radius 2 is 2.05 bits per heavy atom. The third kappa shape index (κ3) is 3.14. The molecule has 0 saturated carbocycles. The van der Waals surface area contributed by atoms with Gasteiger partial charge in [0.25, 0.3) is 0 Å². The molecule has 0 bridgehead atoms. The predicted octanol–water partition coefficient (Wildman–Crippen LogP) is 2.06. The Bertz CT molecular complexity index is 739. The summed E-state index contributed by atoms with van der Waals surface area (Å²) in [5, 5.41) is 10.1. The average Bonchev–Trinajstić information content (AvgIpc) is 2.89. The van der Waals surface area contributed by atoms with E-state index in [-0.39, 0.29) is 6.61 Å². The van der Waals surface area contributed by atoms with E-state index in [4.69, 9.17) is 10.5 Å². The predicted molar refractivity (Wildman–Crippen MR) is 82.1 cm³/mol. The summed E-state index contributed by atoms with van der Waals surface area (Å²) in [6.07, 6.45) is 1.11. The number of nitrogens with zero attached hydrogens (tertiary/aromatic N) is 2. The maximum atomic E-state index is 10.1. The van der Waals surface area contributed by atoms with Crippen molar-refractivity contribution in [2.24, 2.45) is 0 Å². The molecule has 5 heteroatoms. The quantitative estimate of drug-likeness (QED) is 0.703. The van der Waals surface area contributed by atoms with E-state index in [1.165, 1.54) is 0 Å². The van der Waals surface area contributed by atoms with E-state index in [0.717, 1.165) is 11.0 Å². The molecule has 0 saturated heterocycles. The van der Waals surface area contributed by atoms with Crippen LogP contribution in [-0.2, 0) is 6.54 Å². The van der Waals surface area contributed by atoms with Crippen molar-refractivity contribution in [3.8, 4) is 5.75 Å². The molecule has 1 heterocycles. The molecule has 1 atom stereocenters. The number of aromatic nitrogens is 2. The second kappa shape index (κ2) is 5.85. The molecule has 0 amide bonds. The van der Waals surface area contributed by atoms with E-state index in [0.29, 0.717) is 18.0 Å². The lowest BCUT2D eigenvalue weighted by atomic mass is 10.3. The zero-order valence-electron chi connectivity index (χ0n) is 11.5. The number of aliphatic hydroxyl groups is 1. The molecular weight excluding hydrogens is 266 g/mol. The highest BCUT2D eigenvalue weighted by atomic mass is 16.5. The van der Waals surface area contributed by atoms with E-state index < -0.39 is 6.10 Å². The van der Waals surface area contributed by atoms with E-state index in [9.17, 15) is 5.11 Å². The first-order valence-electron chi connectivity index (χ1n) is 6.78. The van der Waals surface area contributed by atoms with Gasteiger partial charge in [-0.2, -0.15) is 0 Å². The van der Waals surface area contributed by atoms with E-state index in [1.54, 1.807) is 18.5 Å². The largest absolute Gasteiger partial charge is 0.491 e. The number of nitrogens with two attached hydrogens (primary N) is 1. The number of benzene rings is 2. The zero-order chi connectivity index (χ0) is 14.7. The number of rotatable bonds is 5. The lowest BCUT2D eigenvalue weighted by Gasteiger charge is -2.13. The molecule has 5 nitrogen and oxygen atoms in total. The molecule has 2 aromatic carbocycles. The minimum Gasteiger partial charge on any atom is -0.491 e. The summed E-state index contributed by atoms with van der Waals surface area (Å²) in [5.41, 5.74) is 8.24. The fraction of sp³-hybridized carbons (Fsp3) is 0.188. The van der Waals surface area contributed by atoms with Gasteiger partial charge in [0.2, 0.25) is 0 Å². The Balaban J connectivity index is 1.62. The van der Waals surface area contributed by atoms with Gasteiger partial charge in [-0.05, 0) is 24.3 Å². The monoisotopic (exact) mass is 283 g/mol. The Morgan fingerprint density at radius 3 is 2.90 bits per heavy atom. The van der Waals surface area contributed by atoms with Crippen LogP contribution in [0.3, 0.4) is 0 Å². The highest BCUT2D eigenvalue weighted by molar-refractivity contribution is 5.74. The van der Waals surface area contributed by atoms with Crippen LogP contribution in [0.2, 0.25) is 0 Å². The number of aliphatic hydroxyl groups excluding tert-OH is 1. The van der Waals surface area contributed by atoms with Crippen molar-refractivity contribution in [3.05, 3.63) is 54.9 Å². The lowest BCUT2D eigenvalue weighted by molar-refractivity contribution is 0.0934. The lowest BCUT2D eigenvalue weighted by Crippen LogP contribution is -2.23. The summed E-state index contributed by atoms with van der Waals surface area (Å²) >= 11 is 0. The van der Waals surface area contributed by atoms with E-state index >= 15 is 0 Å². The molecule has 0 aliphatic carbocycles. The molecule has 3 N–H and O–H groups in total. The smallest absolute Gasteiger partial charge is 0.121 e. The molecule has 21 heavy (non-hydrogen) atoms. The highest BCUT2D eigenvalue weighted by Crippen LogP contribution is 2.15. The van der Waals surface area contributed by atoms with Gasteiger partial charge in [0, 0.05) is 11.8 Å². The first-order valence-corrected chi connectivity index (χ1v) is 6.78. The molecule has 0 aliphatic heterocycles. The van der Waals surface area contributed by atoms with Gasteiger partial charge in [-0.15, -0.1) is 0 Å². The minimum absolute atomic E-state index is 0.204. The number of anilines is 1. The number of ether oxygens (including phenoxy) is 1. The van der Waals surface area contributed by atoms with E-state index in [1.807, 2.05) is 41.0 Å². The molecule has 3 rings (SSSR count).